The van der Waals surface area contributed by atoms with E-state index in [1.54, 1.807) is 0 Å². The molecule has 4 nitrogen and oxygen atoms in total. The highest BCUT2D eigenvalue weighted by molar-refractivity contribution is 6.22. The van der Waals surface area contributed by atoms with Gasteiger partial charge in [-0.2, -0.15) is 0 Å². The molecule has 11 aromatic carbocycles. The van der Waals surface area contributed by atoms with Crippen molar-refractivity contribution < 1.29 is 8.83 Å². The molecule has 0 bridgehead atoms. The average molecular weight is 893 g/mol. The lowest BCUT2D eigenvalue weighted by atomic mass is 9.91. The van der Waals surface area contributed by atoms with E-state index in [2.05, 4.69) is 240 Å². The van der Waals surface area contributed by atoms with Gasteiger partial charge in [0.05, 0.1) is 22.4 Å². The van der Waals surface area contributed by atoms with Gasteiger partial charge in [-0.15, -0.1) is 0 Å². The zero-order chi connectivity index (χ0) is 45.9. The van der Waals surface area contributed by atoms with Gasteiger partial charge in [0.1, 0.15) is 16.7 Å². The first kappa shape index (κ1) is 38.7. The molecule has 0 N–H and O–H groups in total. The van der Waals surface area contributed by atoms with Crippen molar-refractivity contribution in [3.05, 3.63) is 243 Å². The first-order valence-electron chi connectivity index (χ1n) is 23.9. The van der Waals surface area contributed by atoms with E-state index in [-0.39, 0.29) is 0 Å². The quantitative estimate of drug-likeness (QED) is 0.167. The zero-order valence-electron chi connectivity index (χ0n) is 37.8. The third kappa shape index (κ3) is 5.71. The highest BCUT2D eigenvalue weighted by Crippen LogP contribution is 2.52. The Bertz CT molecular complexity index is 4350. The third-order valence-corrected chi connectivity index (χ3v) is 14.5. The molecule has 0 atom stereocenters. The highest BCUT2D eigenvalue weighted by atomic mass is 16.3. The molecule has 70 heavy (non-hydrogen) atoms. The molecular formula is C66H40N2O2. The minimum Gasteiger partial charge on any atom is -0.455 e. The minimum atomic E-state index is 0.818. The molecule has 0 amide bonds. The first-order chi connectivity index (χ1) is 34.7. The Labute approximate surface area is 403 Å². The fourth-order valence-corrected chi connectivity index (χ4v) is 11.4. The third-order valence-electron chi connectivity index (χ3n) is 14.5. The van der Waals surface area contributed by atoms with Gasteiger partial charge in [0, 0.05) is 65.9 Å². The van der Waals surface area contributed by atoms with Crippen LogP contribution in [-0.4, -0.2) is 4.57 Å². The number of rotatable bonds is 6. The molecule has 1 aliphatic heterocycles. The lowest BCUT2D eigenvalue weighted by molar-refractivity contribution is 0.670. The van der Waals surface area contributed by atoms with Crippen molar-refractivity contribution in [2.24, 2.45) is 0 Å². The van der Waals surface area contributed by atoms with Crippen LogP contribution >= 0.6 is 0 Å². The second kappa shape index (κ2) is 15.1. The summed E-state index contributed by atoms with van der Waals surface area (Å²) >= 11 is 0. The van der Waals surface area contributed by atoms with Crippen LogP contribution in [0.15, 0.2) is 251 Å². The van der Waals surface area contributed by atoms with Crippen LogP contribution in [0.5, 0.6) is 0 Å². The fourth-order valence-electron chi connectivity index (χ4n) is 11.4. The minimum absolute atomic E-state index is 0.818. The summed E-state index contributed by atoms with van der Waals surface area (Å²) < 4.78 is 16.5. The summed E-state index contributed by atoms with van der Waals surface area (Å²) in [5.74, 6) is 0. The first-order valence-corrected chi connectivity index (χ1v) is 23.9. The van der Waals surface area contributed by atoms with Crippen LogP contribution < -0.4 is 4.90 Å². The number of benzene rings is 11. The fraction of sp³-hybridized carbons (Fsp3) is 0. The van der Waals surface area contributed by atoms with Crippen molar-refractivity contribution in [1.29, 1.82) is 0 Å². The molecule has 0 spiro atoms. The van der Waals surface area contributed by atoms with Crippen molar-refractivity contribution in [2.75, 3.05) is 4.90 Å². The Balaban J connectivity index is 0.991. The molecule has 4 heteroatoms. The molecule has 0 aliphatic carbocycles. The standard InChI is InChI=1S/C66H40N2O2/c1-3-16-41(17-4-1)44-38-45(42-18-5-2-6-19-42)40-47(39-44)67(46-34-32-43(33-35-46)48-23-13-25-54-51-22-9-12-31-61(51)69-64(48)54)60-30-15-26-55-56-37-36-52-49-20-7-10-28-58(49)68-59-29-11-8-21-50(59)53-24-14-27-57(63(53)68)62(52)66(56)70-65(55)60/h1-40H. The predicted octanol–water partition coefficient (Wildman–Crippen LogP) is 18.7. The Morgan fingerprint density at radius 1 is 0.314 bits per heavy atom. The van der Waals surface area contributed by atoms with Crippen LogP contribution in [0.3, 0.4) is 0 Å². The van der Waals surface area contributed by atoms with Gasteiger partial charge in [-0.3, -0.25) is 0 Å². The molecule has 14 aromatic rings. The average Bonchev–Trinajstić information content (AvgIpc) is 4.09. The van der Waals surface area contributed by atoms with E-state index in [1.165, 1.54) is 27.4 Å². The summed E-state index contributed by atoms with van der Waals surface area (Å²) in [6, 6.07) is 87.4. The van der Waals surface area contributed by atoms with Crippen LogP contribution in [0.4, 0.5) is 17.1 Å². The van der Waals surface area contributed by atoms with Gasteiger partial charge >= 0.3 is 0 Å². The van der Waals surface area contributed by atoms with Crippen LogP contribution in [0, 0.1) is 0 Å². The molecule has 15 rings (SSSR count). The molecule has 1 aliphatic rings. The molecule has 326 valence electrons. The number of aromatic nitrogens is 1. The number of fused-ring (bicyclic) bond motifs is 15. The number of furan rings is 2. The summed E-state index contributed by atoms with van der Waals surface area (Å²) in [7, 11) is 0. The normalized spacial score (nSPS) is 12.0. The summed E-state index contributed by atoms with van der Waals surface area (Å²) in [6.07, 6.45) is 0. The number of hydrogen-bond donors (Lipinski definition) is 0. The van der Waals surface area contributed by atoms with E-state index >= 15 is 0 Å². The van der Waals surface area contributed by atoms with E-state index in [4.69, 9.17) is 8.83 Å². The molecule has 0 unspecified atom stereocenters. The maximum absolute atomic E-state index is 7.53. The van der Waals surface area contributed by atoms with Gasteiger partial charge in [0.2, 0.25) is 0 Å². The molecule has 3 aromatic heterocycles. The largest absolute Gasteiger partial charge is 0.455 e. The number of para-hydroxylation sites is 6. The second-order valence-corrected chi connectivity index (χ2v) is 18.4. The van der Waals surface area contributed by atoms with Crippen LogP contribution in [0.25, 0.3) is 127 Å². The van der Waals surface area contributed by atoms with Crippen molar-refractivity contribution in [3.8, 4) is 61.3 Å². The van der Waals surface area contributed by atoms with E-state index in [0.29, 0.717) is 0 Å². The van der Waals surface area contributed by atoms with Gasteiger partial charge in [0.15, 0.2) is 5.58 Å². The zero-order valence-corrected chi connectivity index (χ0v) is 37.8. The van der Waals surface area contributed by atoms with E-state index in [1.807, 2.05) is 12.1 Å². The lowest BCUT2D eigenvalue weighted by Crippen LogP contribution is -2.10. The van der Waals surface area contributed by atoms with Crippen molar-refractivity contribution in [1.82, 2.24) is 4.57 Å². The summed E-state index contributed by atoms with van der Waals surface area (Å²) in [5.41, 5.74) is 21.2. The number of hydrogen-bond acceptors (Lipinski definition) is 3. The lowest BCUT2D eigenvalue weighted by Gasteiger charge is -2.27. The Morgan fingerprint density at radius 3 is 1.70 bits per heavy atom. The van der Waals surface area contributed by atoms with Crippen LogP contribution in [0.1, 0.15) is 0 Å². The number of nitrogens with zero attached hydrogens (tertiary/aromatic N) is 2. The van der Waals surface area contributed by atoms with Crippen molar-refractivity contribution in [3.63, 3.8) is 0 Å². The molecule has 4 heterocycles. The molecular weight excluding hydrogens is 853 g/mol. The number of anilines is 3. The summed E-state index contributed by atoms with van der Waals surface area (Å²) in [5, 5.41) is 6.82. The predicted molar refractivity (Wildman–Crippen MR) is 291 cm³/mol. The summed E-state index contributed by atoms with van der Waals surface area (Å²) in [4.78, 5) is 2.38. The Morgan fingerprint density at radius 2 is 0.914 bits per heavy atom. The van der Waals surface area contributed by atoms with Gasteiger partial charge in [-0.1, -0.05) is 182 Å². The van der Waals surface area contributed by atoms with Gasteiger partial charge < -0.3 is 18.3 Å². The topological polar surface area (TPSA) is 34.5 Å². The monoisotopic (exact) mass is 892 g/mol. The molecule has 0 fully saturated rings. The van der Waals surface area contributed by atoms with Crippen molar-refractivity contribution >= 4 is 82.7 Å². The highest BCUT2D eigenvalue weighted by Gasteiger charge is 2.29. The molecule has 0 saturated heterocycles. The second-order valence-electron chi connectivity index (χ2n) is 18.4. The van der Waals surface area contributed by atoms with E-state index < -0.39 is 0 Å². The maximum atomic E-state index is 7.53. The Kier molecular flexibility index (Phi) is 8.33. The van der Waals surface area contributed by atoms with Gasteiger partial charge in [-0.05, 0) is 94.0 Å². The van der Waals surface area contributed by atoms with Gasteiger partial charge in [-0.25, -0.2) is 0 Å². The van der Waals surface area contributed by atoms with Crippen LogP contribution in [-0.2, 0) is 0 Å². The van der Waals surface area contributed by atoms with E-state index in [0.717, 1.165) is 117 Å². The van der Waals surface area contributed by atoms with Crippen LogP contribution in [0.2, 0.25) is 0 Å². The molecule has 0 saturated carbocycles. The van der Waals surface area contributed by atoms with Crippen molar-refractivity contribution in [2.45, 2.75) is 0 Å². The molecule has 0 radical (unpaired) electrons. The summed E-state index contributed by atoms with van der Waals surface area (Å²) in [6.45, 7) is 0. The Hall–Kier alpha value is -9.38. The van der Waals surface area contributed by atoms with E-state index in [9.17, 15) is 0 Å². The van der Waals surface area contributed by atoms with Gasteiger partial charge in [0.25, 0.3) is 0 Å². The SMILES string of the molecule is c1ccc(-c2cc(-c3ccccc3)cc(N(c3ccc(-c4cccc5c4oc4ccccc45)cc3)c3cccc4c3oc3c5c(ccc34)-c3ccccc3-n3c4ccccc4c4cccc-5c43)c2)cc1. The maximum Gasteiger partial charge on any atom is 0.159 e. The smallest absolute Gasteiger partial charge is 0.159 e.